The number of carboxylic acid groups (broad SMARTS) is 1. The fourth-order valence-electron chi connectivity index (χ4n) is 1.82. The molecule has 0 bridgehead atoms. The molecule has 0 aromatic heterocycles. The van der Waals surface area contributed by atoms with Crippen LogP contribution in [0.2, 0.25) is 0 Å². The molecule has 0 aromatic rings. The molecule has 1 aliphatic rings. The second-order valence-corrected chi connectivity index (χ2v) is 4.67. The summed E-state index contributed by atoms with van der Waals surface area (Å²) in [5.74, 6) is -1.83. The molecular formula is C9H16O5. The van der Waals surface area contributed by atoms with Gasteiger partial charge in [-0.2, -0.15) is 0 Å². The molecule has 1 heterocycles. The van der Waals surface area contributed by atoms with E-state index in [0.29, 0.717) is 0 Å². The minimum absolute atomic E-state index is 0.400. The van der Waals surface area contributed by atoms with Crippen LogP contribution in [0.5, 0.6) is 0 Å². The van der Waals surface area contributed by atoms with Gasteiger partial charge >= 0.3 is 5.97 Å². The summed E-state index contributed by atoms with van der Waals surface area (Å²) < 4.78 is 4.78. The fraction of sp³-hybridized carbons (Fsp3) is 0.889. The molecular weight excluding hydrogens is 188 g/mol. The number of hydrogen-bond donors (Lipinski definition) is 3. The van der Waals surface area contributed by atoms with E-state index in [9.17, 15) is 15.0 Å². The number of aliphatic carboxylic acids is 1. The molecule has 1 unspecified atom stereocenters. The second-order valence-electron chi connectivity index (χ2n) is 4.67. The van der Waals surface area contributed by atoms with Crippen molar-refractivity contribution in [2.45, 2.75) is 39.3 Å². The number of ether oxygens (including phenoxy) is 1. The van der Waals surface area contributed by atoms with Crippen LogP contribution in [0.3, 0.4) is 0 Å². The predicted octanol–water partition coefficient (Wildman–Crippen LogP) is -0.189. The topological polar surface area (TPSA) is 87.0 Å². The fourth-order valence-corrected chi connectivity index (χ4v) is 1.82. The molecule has 0 radical (unpaired) electrons. The van der Waals surface area contributed by atoms with Gasteiger partial charge in [-0.3, -0.25) is 0 Å². The van der Waals surface area contributed by atoms with Crippen LogP contribution in [-0.4, -0.2) is 39.8 Å². The van der Waals surface area contributed by atoms with E-state index in [-0.39, 0.29) is 0 Å². The third-order valence-corrected chi connectivity index (χ3v) is 2.51. The summed E-state index contributed by atoms with van der Waals surface area (Å²) in [6.07, 6.45) is -3.71. The largest absolute Gasteiger partial charge is 0.479 e. The summed E-state index contributed by atoms with van der Waals surface area (Å²) in [6.45, 7) is 5.45. The Labute approximate surface area is 82.3 Å². The first-order valence-electron chi connectivity index (χ1n) is 4.49. The second kappa shape index (κ2) is 3.49. The standard InChI is InChI=1S/C9H16O5/c1-9(2,3)4-5(10)6(7(11)12)14-8(4)13/h4-6,8,10,13H,1-3H3,(H,11,12)/t4?,5-,6-,8-/m1/s1. The van der Waals surface area contributed by atoms with E-state index in [2.05, 4.69) is 0 Å². The Hall–Kier alpha value is -0.650. The molecule has 0 spiro atoms. The first-order chi connectivity index (χ1) is 6.25. The Bertz CT molecular complexity index is 232. The minimum atomic E-state index is -1.32. The highest BCUT2D eigenvalue weighted by atomic mass is 16.6. The van der Waals surface area contributed by atoms with Crippen molar-refractivity contribution in [2.24, 2.45) is 11.3 Å². The number of aliphatic hydroxyl groups is 2. The zero-order chi connectivity index (χ0) is 11.1. The summed E-state index contributed by atoms with van der Waals surface area (Å²) in [7, 11) is 0. The molecule has 0 amide bonds. The molecule has 0 aliphatic carbocycles. The van der Waals surface area contributed by atoms with Gasteiger partial charge in [-0.05, 0) is 5.41 Å². The van der Waals surface area contributed by atoms with Gasteiger partial charge in [0.05, 0.1) is 6.10 Å². The van der Waals surface area contributed by atoms with Crippen LogP contribution in [-0.2, 0) is 9.53 Å². The quantitative estimate of drug-likeness (QED) is 0.551. The SMILES string of the molecule is CC(C)(C)C1[C@H](O)O[C@@H](C(=O)O)[C@@H]1O. The third kappa shape index (κ3) is 1.89. The maximum absolute atomic E-state index is 10.6. The van der Waals surface area contributed by atoms with Crippen LogP contribution in [0, 0.1) is 11.3 Å². The third-order valence-electron chi connectivity index (χ3n) is 2.51. The Kier molecular flexibility index (Phi) is 2.85. The van der Waals surface area contributed by atoms with E-state index in [1.54, 1.807) is 0 Å². The van der Waals surface area contributed by atoms with Gasteiger partial charge in [-0.15, -0.1) is 0 Å². The van der Waals surface area contributed by atoms with Crippen molar-refractivity contribution in [2.75, 3.05) is 0 Å². The average molecular weight is 204 g/mol. The predicted molar refractivity (Wildman–Crippen MR) is 47.5 cm³/mol. The highest BCUT2D eigenvalue weighted by Gasteiger charge is 2.51. The first kappa shape index (κ1) is 11.4. The number of carboxylic acids is 1. The van der Waals surface area contributed by atoms with Crippen LogP contribution in [0.4, 0.5) is 0 Å². The van der Waals surface area contributed by atoms with Gasteiger partial charge in [-0.1, -0.05) is 20.8 Å². The molecule has 3 N–H and O–H groups in total. The highest BCUT2D eigenvalue weighted by molar-refractivity contribution is 5.73. The summed E-state index contributed by atoms with van der Waals surface area (Å²) in [4.78, 5) is 10.6. The lowest BCUT2D eigenvalue weighted by Crippen LogP contribution is -2.39. The normalized spacial score (nSPS) is 38.6. The zero-order valence-electron chi connectivity index (χ0n) is 8.47. The van der Waals surface area contributed by atoms with Gasteiger partial charge in [0, 0.05) is 5.92 Å². The Morgan fingerprint density at radius 1 is 1.29 bits per heavy atom. The van der Waals surface area contributed by atoms with Crippen LogP contribution in [0.1, 0.15) is 20.8 Å². The van der Waals surface area contributed by atoms with Crippen LogP contribution < -0.4 is 0 Å². The van der Waals surface area contributed by atoms with E-state index >= 15 is 0 Å². The molecule has 0 aromatic carbocycles. The molecule has 5 nitrogen and oxygen atoms in total. The molecule has 4 atom stereocenters. The van der Waals surface area contributed by atoms with Crippen LogP contribution in [0.15, 0.2) is 0 Å². The molecule has 5 heteroatoms. The maximum atomic E-state index is 10.6. The first-order valence-corrected chi connectivity index (χ1v) is 4.49. The lowest BCUT2D eigenvalue weighted by atomic mass is 9.77. The van der Waals surface area contributed by atoms with Crippen molar-refractivity contribution in [3.05, 3.63) is 0 Å². The van der Waals surface area contributed by atoms with Crippen molar-refractivity contribution in [1.29, 1.82) is 0 Å². The summed E-state index contributed by atoms with van der Waals surface area (Å²) in [6, 6.07) is 0. The molecule has 1 saturated heterocycles. The zero-order valence-corrected chi connectivity index (χ0v) is 8.47. The van der Waals surface area contributed by atoms with Gasteiger partial charge in [0.2, 0.25) is 0 Å². The van der Waals surface area contributed by atoms with Gasteiger partial charge in [-0.25, -0.2) is 4.79 Å². The number of aliphatic hydroxyl groups excluding tert-OH is 2. The number of carbonyl (C=O) groups is 1. The number of rotatable bonds is 1. The van der Waals surface area contributed by atoms with E-state index < -0.39 is 35.8 Å². The lowest BCUT2D eigenvalue weighted by Gasteiger charge is -2.30. The monoisotopic (exact) mass is 204 g/mol. The minimum Gasteiger partial charge on any atom is -0.479 e. The molecule has 1 aliphatic heterocycles. The highest BCUT2D eigenvalue weighted by Crippen LogP contribution is 2.39. The summed E-state index contributed by atoms with van der Waals surface area (Å²) in [5, 5.41) is 27.8. The van der Waals surface area contributed by atoms with Crippen molar-refractivity contribution in [3.8, 4) is 0 Å². The van der Waals surface area contributed by atoms with Gasteiger partial charge < -0.3 is 20.1 Å². The Morgan fingerprint density at radius 2 is 1.79 bits per heavy atom. The van der Waals surface area contributed by atoms with Gasteiger partial charge in [0.25, 0.3) is 0 Å². The lowest BCUT2D eigenvalue weighted by molar-refractivity contribution is -0.165. The Morgan fingerprint density at radius 3 is 2.00 bits per heavy atom. The molecule has 14 heavy (non-hydrogen) atoms. The van der Waals surface area contributed by atoms with Crippen molar-refractivity contribution >= 4 is 5.97 Å². The molecule has 82 valence electrons. The van der Waals surface area contributed by atoms with Crippen LogP contribution in [0.25, 0.3) is 0 Å². The molecule has 0 saturated carbocycles. The maximum Gasteiger partial charge on any atom is 0.335 e. The molecule has 1 rings (SSSR count). The Balaban J connectivity index is 2.86. The molecule has 1 fully saturated rings. The van der Waals surface area contributed by atoms with E-state index in [1.807, 2.05) is 20.8 Å². The van der Waals surface area contributed by atoms with Gasteiger partial charge in [0.15, 0.2) is 12.4 Å². The van der Waals surface area contributed by atoms with Crippen molar-refractivity contribution in [3.63, 3.8) is 0 Å². The smallest absolute Gasteiger partial charge is 0.335 e. The van der Waals surface area contributed by atoms with E-state index in [4.69, 9.17) is 9.84 Å². The van der Waals surface area contributed by atoms with Crippen LogP contribution >= 0.6 is 0 Å². The summed E-state index contributed by atoms with van der Waals surface area (Å²) >= 11 is 0. The number of hydrogen-bond acceptors (Lipinski definition) is 4. The van der Waals surface area contributed by atoms with E-state index in [1.165, 1.54) is 0 Å². The van der Waals surface area contributed by atoms with E-state index in [0.717, 1.165) is 0 Å². The van der Waals surface area contributed by atoms with Gasteiger partial charge in [0.1, 0.15) is 0 Å². The summed E-state index contributed by atoms with van der Waals surface area (Å²) in [5.41, 5.74) is -0.400. The average Bonchev–Trinajstić information content (AvgIpc) is 2.24. The van der Waals surface area contributed by atoms with Crippen molar-refractivity contribution < 1.29 is 24.9 Å². The van der Waals surface area contributed by atoms with Crippen molar-refractivity contribution in [1.82, 2.24) is 0 Å².